The third kappa shape index (κ3) is 5.08. The Kier molecular flexibility index (Phi) is 6.99. The van der Waals surface area contributed by atoms with Crippen LogP contribution in [-0.2, 0) is 17.8 Å². The van der Waals surface area contributed by atoms with Crippen molar-refractivity contribution in [3.63, 3.8) is 0 Å². The van der Waals surface area contributed by atoms with Crippen molar-refractivity contribution >= 4 is 5.97 Å². The number of hydrogen-bond donors (Lipinski definition) is 0. The first-order chi connectivity index (χ1) is 13.7. The molecule has 0 aliphatic heterocycles. The van der Waals surface area contributed by atoms with Crippen LogP contribution in [0.3, 0.4) is 0 Å². The molecular weight excluding hydrogens is 346 g/mol. The molecule has 0 amide bonds. The lowest BCUT2D eigenvalue weighted by atomic mass is 9.97. The molecule has 0 bridgehead atoms. The molecule has 0 unspecified atom stereocenters. The SMILES string of the molecule is CCOC(=O)c1ccc(-c2ccccc2)c(CN(CC)Cc2ccccc2)c1. The minimum absolute atomic E-state index is 0.269. The summed E-state index contributed by atoms with van der Waals surface area (Å²) in [5, 5.41) is 0. The topological polar surface area (TPSA) is 29.5 Å². The van der Waals surface area contributed by atoms with Gasteiger partial charge in [0.2, 0.25) is 0 Å². The third-order valence-corrected chi connectivity index (χ3v) is 4.79. The highest BCUT2D eigenvalue weighted by Crippen LogP contribution is 2.27. The molecule has 0 fully saturated rings. The van der Waals surface area contributed by atoms with Crippen LogP contribution in [0.15, 0.2) is 78.9 Å². The molecule has 0 N–H and O–H groups in total. The molecule has 144 valence electrons. The van der Waals surface area contributed by atoms with E-state index < -0.39 is 0 Å². The monoisotopic (exact) mass is 373 g/mol. The van der Waals surface area contributed by atoms with Crippen LogP contribution in [0.2, 0.25) is 0 Å². The number of esters is 1. The Morgan fingerprint density at radius 2 is 1.54 bits per heavy atom. The Bertz CT molecular complexity index is 891. The minimum Gasteiger partial charge on any atom is -0.462 e. The quantitative estimate of drug-likeness (QED) is 0.485. The highest BCUT2D eigenvalue weighted by Gasteiger charge is 2.14. The average molecular weight is 373 g/mol. The zero-order valence-corrected chi connectivity index (χ0v) is 16.6. The van der Waals surface area contributed by atoms with Crippen molar-refractivity contribution in [3.05, 3.63) is 95.6 Å². The van der Waals surface area contributed by atoms with Crippen molar-refractivity contribution in [1.29, 1.82) is 0 Å². The summed E-state index contributed by atoms with van der Waals surface area (Å²) in [5.74, 6) is -0.269. The van der Waals surface area contributed by atoms with Gasteiger partial charge in [0.05, 0.1) is 12.2 Å². The van der Waals surface area contributed by atoms with Crippen LogP contribution < -0.4 is 0 Å². The Morgan fingerprint density at radius 3 is 2.18 bits per heavy atom. The lowest BCUT2D eigenvalue weighted by Crippen LogP contribution is -2.23. The second-order valence-corrected chi connectivity index (χ2v) is 6.75. The summed E-state index contributed by atoms with van der Waals surface area (Å²) >= 11 is 0. The van der Waals surface area contributed by atoms with Gasteiger partial charge in [-0.15, -0.1) is 0 Å². The van der Waals surface area contributed by atoms with Crippen LogP contribution in [0.1, 0.15) is 35.3 Å². The van der Waals surface area contributed by atoms with Gasteiger partial charge >= 0.3 is 5.97 Å². The van der Waals surface area contributed by atoms with Gasteiger partial charge in [0.1, 0.15) is 0 Å². The summed E-state index contributed by atoms with van der Waals surface area (Å²) in [5.41, 5.74) is 5.33. The van der Waals surface area contributed by atoms with Gasteiger partial charge in [0.25, 0.3) is 0 Å². The molecule has 0 aliphatic rings. The van der Waals surface area contributed by atoms with Gasteiger partial charge in [0, 0.05) is 13.1 Å². The van der Waals surface area contributed by atoms with Crippen LogP contribution in [-0.4, -0.2) is 24.0 Å². The average Bonchev–Trinajstić information content (AvgIpc) is 2.74. The maximum Gasteiger partial charge on any atom is 0.338 e. The van der Waals surface area contributed by atoms with E-state index in [-0.39, 0.29) is 5.97 Å². The van der Waals surface area contributed by atoms with Crippen LogP contribution in [0.25, 0.3) is 11.1 Å². The number of rotatable bonds is 8. The van der Waals surface area contributed by atoms with E-state index in [1.165, 1.54) is 5.56 Å². The first-order valence-electron chi connectivity index (χ1n) is 9.83. The fraction of sp³-hybridized carbons (Fsp3) is 0.240. The zero-order valence-electron chi connectivity index (χ0n) is 16.6. The summed E-state index contributed by atoms with van der Waals surface area (Å²) in [4.78, 5) is 14.6. The van der Waals surface area contributed by atoms with Crippen molar-refractivity contribution in [2.24, 2.45) is 0 Å². The molecule has 0 heterocycles. The molecule has 0 saturated heterocycles. The van der Waals surface area contributed by atoms with Gasteiger partial charge in [-0.3, -0.25) is 4.90 Å². The van der Waals surface area contributed by atoms with E-state index in [0.717, 1.165) is 36.3 Å². The molecule has 28 heavy (non-hydrogen) atoms. The summed E-state index contributed by atoms with van der Waals surface area (Å²) in [6.07, 6.45) is 0. The van der Waals surface area contributed by atoms with Gasteiger partial charge in [0.15, 0.2) is 0 Å². The highest BCUT2D eigenvalue weighted by atomic mass is 16.5. The van der Waals surface area contributed by atoms with Gasteiger partial charge in [-0.05, 0) is 47.9 Å². The maximum absolute atomic E-state index is 12.3. The van der Waals surface area contributed by atoms with Crippen molar-refractivity contribution < 1.29 is 9.53 Å². The Balaban J connectivity index is 1.93. The molecular formula is C25H27NO2. The van der Waals surface area contributed by atoms with Crippen molar-refractivity contribution in [2.45, 2.75) is 26.9 Å². The van der Waals surface area contributed by atoms with Crippen molar-refractivity contribution in [3.8, 4) is 11.1 Å². The Hall–Kier alpha value is -2.91. The van der Waals surface area contributed by atoms with E-state index in [0.29, 0.717) is 12.2 Å². The molecule has 3 aromatic carbocycles. The normalized spacial score (nSPS) is 10.8. The van der Waals surface area contributed by atoms with Crippen LogP contribution in [0.4, 0.5) is 0 Å². The fourth-order valence-corrected chi connectivity index (χ4v) is 3.33. The second kappa shape index (κ2) is 9.86. The minimum atomic E-state index is -0.269. The molecule has 3 heteroatoms. The molecule has 3 rings (SSSR count). The largest absolute Gasteiger partial charge is 0.462 e. The van der Waals surface area contributed by atoms with E-state index >= 15 is 0 Å². The lowest BCUT2D eigenvalue weighted by Gasteiger charge is -2.23. The highest BCUT2D eigenvalue weighted by molar-refractivity contribution is 5.90. The van der Waals surface area contributed by atoms with E-state index in [1.807, 2.05) is 49.4 Å². The number of benzene rings is 3. The lowest BCUT2D eigenvalue weighted by molar-refractivity contribution is 0.0526. The summed E-state index contributed by atoms with van der Waals surface area (Å²) in [6, 6.07) is 26.7. The van der Waals surface area contributed by atoms with E-state index in [2.05, 4.69) is 48.2 Å². The molecule has 0 aromatic heterocycles. The molecule has 0 atom stereocenters. The fourth-order valence-electron chi connectivity index (χ4n) is 3.33. The number of nitrogens with zero attached hydrogens (tertiary/aromatic N) is 1. The van der Waals surface area contributed by atoms with Crippen LogP contribution in [0, 0.1) is 0 Å². The standard InChI is InChI=1S/C25H27NO2/c1-3-26(18-20-11-7-5-8-12-20)19-23-17-22(25(27)28-4-2)15-16-24(23)21-13-9-6-10-14-21/h5-17H,3-4,18-19H2,1-2H3. The number of carbonyl (C=O) groups excluding carboxylic acids is 1. The summed E-state index contributed by atoms with van der Waals surface area (Å²) < 4.78 is 5.20. The summed E-state index contributed by atoms with van der Waals surface area (Å²) in [7, 11) is 0. The van der Waals surface area contributed by atoms with Gasteiger partial charge < -0.3 is 4.74 Å². The smallest absolute Gasteiger partial charge is 0.338 e. The number of hydrogen-bond acceptors (Lipinski definition) is 3. The summed E-state index contributed by atoms with van der Waals surface area (Å²) in [6.45, 7) is 6.94. The Labute approximate surface area is 167 Å². The molecule has 0 radical (unpaired) electrons. The van der Waals surface area contributed by atoms with Gasteiger partial charge in [-0.1, -0.05) is 73.7 Å². The van der Waals surface area contributed by atoms with Crippen molar-refractivity contribution in [1.82, 2.24) is 4.90 Å². The van der Waals surface area contributed by atoms with Crippen LogP contribution in [0.5, 0.6) is 0 Å². The molecule has 0 aliphatic carbocycles. The second-order valence-electron chi connectivity index (χ2n) is 6.75. The number of ether oxygens (including phenoxy) is 1. The predicted molar refractivity (Wildman–Crippen MR) is 114 cm³/mol. The molecule has 3 aromatic rings. The van der Waals surface area contributed by atoms with E-state index in [4.69, 9.17) is 4.74 Å². The van der Waals surface area contributed by atoms with Gasteiger partial charge in [-0.25, -0.2) is 4.79 Å². The molecule has 3 nitrogen and oxygen atoms in total. The van der Waals surface area contributed by atoms with E-state index in [1.54, 1.807) is 0 Å². The van der Waals surface area contributed by atoms with E-state index in [9.17, 15) is 4.79 Å². The first kappa shape index (κ1) is 19.8. The van der Waals surface area contributed by atoms with Gasteiger partial charge in [-0.2, -0.15) is 0 Å². The molecule has 0 spiro atoms. The zero-order chi connectivity index (χ0) is 19.8. The third-order valence-electron chi connectivity index (χ3n) is 4.79. The number of carbonyl (C=O) groups is 1. The Morgan fingerprint density at radius 1 is 0.857 bits per heavy atom. The molecule has 0 saturated carbocycles. The first-order valence-corrected chi connectivity index (χ1v) is 9.83. The van der Waals surface area contributed by atoms with Crippen molar-refractivity contribution in [2.75, 3.05) is 13.2 Å². The predicted octanol–water partition coefficient (Wildman–Crippen LogP) is 5.55. The maximum atomic E-state index is 12.3. The van der Waals surface area contributed by atoms with Crippen LogP contribution >= 0.6 is 0 Å².